The molecule has 0 spiro atoms. The minimum Gasteiger partial charge on any atom is -0.481 e. The fraction of sp³-hybridized carbons (Fsp3) is 0.500. The van der Waals surface area contributed by atoms with E-state index in [0.717, 1.165) is 0 Å². The van der Waals surface area contributed by atoms with Crippen LogP contribution in [0.3, 0.4) is 0 Å². The minimum atomic E-state index is -0.936. The molecule has 0 bridgehead atoms. The van der Waals surface area contributed by atoms with Crippen LogP contribution < -0.4 is 0 Å². The van der Waals surface area contributed by atoms with E-state index in [1.807, 2.05) is 0 Å². The van der Waals surface area contributed by atoms with Gasteiger partial charge in [0.1, 0.15) is 5.69 Å². The summed E-state index contributed by atoms with van der Waals surface area (Å²) >= 11 is 0. The van der Waals surface area contributed by atoms with Crippen LogP contribution in [-0.4, -0.2) is 44.7 Å². The first-order valence-electron chi connectivity index (χ1n) is 4.84. The first-order valence-corrected chi connectivity index (χ1v) is 4.84. The lowest BCUT2D eigenvalue weighted by Crippen LogP contribution is -2.46. The molecule has 0 aromatic carbocycles. The minimum absolute atomic E-state index is 0.108. The van der Waals surface area contributed by atoms with Crippen molar-refractivity contribution < 1.29 is 14.7 Å². The van der Waals surface area contributed by atoms with E-state index < -0.39 is 11.5 Å². The Morgan fingerprint density at radius 3 is 2.62 bits per heavy atom. The summed E-state index contributed by atoms with van der Waals surface area (Å²) in [6, 6.07) is 1.55. The fourth-order valence-corrected chi connectivity index (χ4v) is 1.32. The number of nitrogens with one attached hydrogen (secondary N) is 1. The first-order chi connectivity index (χ1) is 7.34. The van der Waals surface area contributed by atoms with Crippen molar-refractivity contribution >= 4 is 11.9 Å². The lowest BCUT2D eigenvalue weighted by Gasteiger charge is -2.34. The van der Waals surface area contributed by atoms with Crippen LogP contribution >= 0.6 is 0 Å². The average molecular weight is 225 g/mol. The van der Waals surface area contributed by atoms with Crippen LogP contribution in [0.5, 0.6) is 0 Å². The zero-order chi connectivity index (χ0) is 12.3. The number of aliphatic carboxylic acids is 1. The Bertz CT molecular complexity index is 384. The Morgan fingerprint density at radius 1 is 1.56 bits per heavy atom. The zero-order valence-corrected chi connectivity index (χ0v) is 9.52. The molecule has 0 saturated heterocycles. The molecule has 0 aliphatic heterocycles. The summed E-state index contributed by atoms with van der Waals surface area (Å²) in [4.78, 5) is 24.0. The number of aromatic amines is 1. The molecule has 0 fully saturated rings. The highest BCUT2D eigenvalue weighted by Crippen LogP contribution is 2.18. The molecule has 1 amide bonds. The van der Waals surface area contributed by atoms with E-state index in [0.29, 0.717) is 5.69 Å². The standard InChI is InChI=1S/C10H15N3O3/c1-10(2,6-8(14)15)13(3)9(16)7-4-5-11-12-7/h4-5H,6H2,1-3H3,(H,11,12)(H,14,15). The number of carbonyl (C=O) groups is 2. The summed E-state index contributed by atoms with van der Waals surface area (Å²) in [7, 11) is 1.58. The Labute approximate surface area is 93.3 Å². The Kier molecular flexibility index (Phi) is 3.31. The monoisotopic (exact) mass is 225 g/mol. The van der Waals surface area contributed by atoms with E-state index in [2.05, 4.69) is 10.2 Å². The molecule has 1 rings (SSSR count). The second kappa shape index (κ2) is 4.34. The molecule has 0 aliphatic rings. The lowest BCUT2D eigenvalue weighted by molar-refractivity contribution is -0.139. The molecule has 0 atom stereocenters. The zero-order valence-electron chi connectivity index (χ0n) is 9.52. The maximum absolute atomic E-state index is 11.9. The Balaban J connectivity index is 2.81. The van der Waals surface area contributed by atoms with Gasteiger partial charge in [-0.15, -0.1) is 0 Å². The number of hydrogen-bond donors (Lipinski definition) is 2. The molecule has 0 radical (unpaired) electrons. The van der Waals surface area contributed by atoms with Crippen molar-refractivity contribution in [3.8, 4) is 0 Å². The SMILES string of the molecule is CN(C(=O)c1ccn[nH]1)C(C)(C)CC(=O)O. The number of rotatable bonds is 4. The van der Waals surface area contributed by atoms with Crippen LogP contribution in [-0.2, 0) is 4.79 Å². The van der Waals surface area contributed by atoms with Crippen LogP contribution in [0.4, 0.5) is 0 Å². The highest BCUT2D eigenvalue weighted by Gasteiger charge is 2.31. The van der Waals surface area contributed by atoms with Gasteiger partial charge < -0.3 is 10.0 Å². The molecule has 1 heterocycles. The van der Waals surface area contributed by atoms with E-state index >= 15 is 0 Å². The molecule has 6 heteroatoms. The van der Waals surface area contributed by atoms with Gasteiger partial charge in [-0.25, -0.2) is 0 Å². The first kappa shape index (κ1) is 12.2. The summed E-state index contributed by atoms with van der Waals surface area (Å²) in [6.45, 7) is 3.41. The van der Waals surface area contributed by atoms with Crippen molar-refractivity contribution in [1.29, 1.82) is 0 Å². The van der Waals surface area contributed by atoms with Gasteiger partial charge >= 0.3 is 5.97 Å². The highest BCUT2D eigenvalue weighted by molar-refractivity contribution is 5.92. The highest BCUT2D eigenvalue weighted by atomic mass is 16.4. The molecule has 0 unspecified atom stereocenters. The van der Waals surface area contributed by atoms with Crippen LogP contribution in [0.2, 0.25) is 0 Å². The van der Waals surface area contributed by atoms with Crippen LogP contribution in [0, 0.1) is 0 Å². The third-order valence-corrected chi connectivity index (χ3v) is 2.53. The van der Waals surface area contributed by atoms with Gasteiger partial charge in [0.05, 0.1) is 6.42 Å². The van der Waals surface area contributed by atoms with E-state index in [1.165, 1.54) is 11.1 Å². The summed E-state index contributed by atoms with van der Waals surface area (Å²) in [5.41, 5.74) is -0.394. The van der Waals surface area contributed by atoms with E-state index in [4.69, 9.17) is 5.11 Å². The summed E-state index contributed by atoms with van der Waals surface area (Å²) in [5, 5.41) is 15.0. The molecule has 1 aromatic rings. The quantitative estimate of drug-likeness (QED) is 0.791. The summed E-state index contributed by atoms with van der Waals surface area (Å²) < 4.78 is 0. The second-order valence-corrected chi connectivity index (χ2v) is 4.22. The third kappa shape index (κ3) is 2.59. The number of amides is 1. The molecular formula is C10H15N3O3. The Morgan fingerprint density at radius 2 is 2.19 bits per heavy atom. The molecule has 2 N–H and O–H groups in total. The van der Waals surface area contributed by atoms with E-state index in [-0.39, 0.29) is 12.3 Å². The summed E-state index contributed by atoms with van der Waals surface area (Å²) in [6.07, 6.45) is 1.37. The predicted molar refractivity (Wildman–Crippen MR) is 57.0 cm³/mol. The summed E-state index contributed by atoms with van der Waals surface area (Å²) in [5.74, 6) is -1.21. The van der Waals surface area contributed by atoms with Crippen molar-refractivity contribution in [3.63, 3.8) is 0 Å². The molecule has 6 nitrogen and oxygen atoms in total. The largest absolute Gasteiger partial charge is 0.481 e. The van der Waals surface area contributed by atoms with Gasteiger partial charge in [0.15, 0.2) is 0 Å². The second-order valence-electron chi connectivity index (χ2n) is 4.22. The predicted octanol–water partition coefficient (Wildman–Crippen LogP) is 0.735. The van der Waals surface area contributed by atoms with Crippen LogP contribution in [0.25, 0.3) is 0 Å². The van der Waals surface area contributed by atoms with Gasteiger partial charge in [-0.3, -0.25) is 14.7 Å². The maximum Gasteiger partial charge on any atom is 0.305 e. The molecule has 0 aliphatic carbocycles. The average Bonchev–Trinajstić information content (AvgIpc) is 2.66. The van der Waals surface area contributed by atoms with Gasteiger partial charge in [0.2, 0.25) is 0 Å². The van der Waals surface area contributed by atoms with E-state index in [1.54, 1.807) is 27.0 Å². The number of hydrogen-bond acceptors (Lipinski definition) is 3. The van der Waals surface area contributed by atoms with Crippen molar-refractivity contribution in [2.75, 3.05) is 7.05 Å². The third-order valence-electron chi connectivity index (χ3n) is 2.53. The smallest absolute Gasteiger partial charge is 0.305 e. The number of carboxylic acids is 1. The van der Waals surface area contributed by atoms with Crippen molar-refractivity contribution in [3.05, 3.63) is 18.0 Å². The van der Waals surface area contributed by atoms with Gasteiger partial charge in [-0.2, -0.15) is 5.10 Å². The van der Waals surface area contributed by atoms with Crippen LogP contribution in [0.15, 0.2) is 12.3 Å². The Hall–Kier alpha value is -1.85. The molecule has 1 aromatic heterocycles. The molecular weight excluding hydrogens is 210 g/mol. The van der Waals surface area contributed by atoms with Crippen molar-refractivity contribution in [2.24, 2.45) is 0 Å². The normalized spacial score (nSPS) is 11.2. The molecule has 0 saturated carbocycles. The number of aromatic nitrogens is 2. The maximum atomic E-state index is 11.9. The molecule has 88 valence electrons. The fourth-order valence-electron chi connectivity index (χ4n) is 1.32. The topological polar surface area (TPSA) is 86.3 Å². The number of H-pyrrole nitrogens is 1. The van der Waals surface area contributed by atoms with Crippen molar-refractivity contribution in [1.82, 2.24) is 15.1 Å². The van der Waals surface area contributed by atoms with E-state index in [9.17, 15) is 9.59 Å². The van der Waals surface area contributed by atoms with Crippen molar-refractivity contribution in [2.45, 2.75) is 25.8 Å². The van der Waals surface area contributed by atoms with Gasteiger partial charge in [0, 0.05) is 18.8 Å². The molecule has 16 heavy (non-hydrogen) atoms. The number of carbonyl (C=O) groups excluding carboxylic acids is 1. The van der Waals surface area contributed by atoms with Gasteiger partial charge in [-0.05, 0) is 19.9 Å². The number of nitrogens with zero attached hydrogens (tertiary/aromatic N) is 2. The number of carboxylic acid groups (broad SMARTS) is 1. The van der Waals surface area contributed by atoms with Crippen LogP contribution in [0.1, 0.15) is 30.8 Å². The van der Waals surface area contributed by atoms with Gasteiger partial charge in [0.25, 0.3) is 5.91 Å². The van der Waals surface area contributed by atoms with Gasteiger partial charge in [-0.1, -0.05) is 0 Å². The lowest BCUT2D eigenvalue weighted by atomic mass is 9.98.